The molecule has 0 aliphatic heterocycles. The summed E-state index contributed by atoms with van der Waals surface area (Å²) in [6.07, 6.45) is 5.45. The number of rotatable bonds is 6. The molecule has 0 fully saturated rings. The molecule has 1 unspecified atom stereocenters. The summed E-state index contributed by atoms with van der Waals surface area (Å²) in [5.41, 5.74) is 12.9. The second-order valence-electron chi connectivity index (χ2n) is 16.0. The van der Waals surface area contributed by atoms with Crippen LogP contribution in [0, 0.1) is 0 Å². The summed E-state index contributed by atoms with van der Waals surface area (Å²) in [4.78, 5) is 15.9. The summed E-state index contributed by atoms with van der Waals surface area (Å²) >= 11 is 0. The molecule has 12 rings (SSSR count). The van der Waals surface area contributed by atoms with Gasteiger partial charge in [0.2, 0.25) is 0 Å². The van der Waals surface area contributed by atoms with E-state index < -0.39 is 0 Å². The molecule has 0 amide bonds. The van der Waals surface area contributed by atoms with Crippen molar-refractivity contribution in [1.82, 2.24) is 15.0 Å². The Morgan fingerprint density at radius 1 is 0.393 bits per heavy atom. The van der Waals surface area contributed by atoms with Gasteiger partial charge in [-0.3, -0.25) is 0 Å². The Hall–Kier alpha value is -7.95. The molecule has 61 heavy (non-hydrogen) atoms. The molecule has 1 aliphatic carbocycles. The van der Waals surface area contributed by atoms with Gasteiger partial charge in [0.15, 0.2) is 17.5 Å². The normalized spacial score (nSPS) is 13.6. The molecular weight excluding hydrogens is 743 g/mol. The van der Waals surface area contributed by atoms with Gasteiger partial charge < -0.3 is 4.42 Å². The molecule has 2 heterocycles. The number of nitrogens with zero attached hydrogens (tertiary/aromatic N) is 3. The van der Waals surface area contributed by atoms with Crippen molar-refractivity contribution in [3.8, 4) is 56.4 Å². The van der Waals surface area contributed by atoms with E-state index in [0.717, 1.165) is 61.9 Å². The van der Waals surface area contributed by atoms with Crippen molar-refractivity contribution in [2.24, 2.45) is 0 Å². The topological polar surface area (TPSA) is 51.8 Å². The molecule has 1 aliphatic rings. The third kappa shape index (κ3) is 6.28. The molecule has 9 aromatic carbocycles. The first-order valence-corrected chi connectivity index (χ1v) is 20.8. The van der Waals surface area contributed by atoms with E-state index in [1.165, 1.54) is 43.6 Å². The van der Waals surface area contributed by atoms with Gasteiger partial charge in [-0.25, -0.2) is 15.0 Å². The summed E-state index contributed by atoms with van der Waals surface area (Å²) < 4.78 is 6.29. The smallest absolute Gasteiger partial charge is 0.164 e. The highest BCUT2D eigenvalue weighted by Gasteiger charge is 2.22. The molecular formula is C57H37N3O. The second kappa shape index (κ2) is 14.4. The minimum atomic E-state index is 0.182. The van der Waals surface area contributed by atoms with Gasteiger partial charge in [0.25, 0.3) is 0 Å². The Labute approximate surface area is 353 Å². The molecule has 4 heteroatoms. The van der Waals surface area contributed by atoms with Crippen molar-refractivity contribution in [2.75, 3.05) is 0 Å². The zero-order valence-electron chi connectivity index (χ0n) is 33.2. The molecule has 2 aromatic heterocycles. The number of para-hydroxylation sites is 1. The van der Waals surface area contributed by atoms with Gasteiger partial charge in [0, 0.05) is 33.4 Å². The van der Waals surface area contributed by atoms with Gasteiger partial charge in [-0.2, -0.15) is 0 Å². The van der Waals surface area contributed by atoms with Gasteiger partial charge in [-0.05, 0) is 109 Å². The van der Waals surface area contributed by atoms with E-state index in [0.29, 0.717) is 17.5 Å². The van der Waals surface area contributed by atoms with Crippen LogP contribution in [0.25, 0.3) is 106 Å². The Balaban J connectivity index is 1.02. The number of hydrogen-bond acceptors (Lipinski definition) is 4. The van der Waals surface area contributed by atoms with Crippen LogP contribution in [0.15, 0.2) is 205 Å². The Morgan fingerprint density at radius 2 is 0.967 bits per heavy atom. The van der Waals surface area contributed by atoms with E-state index in [4.69, 9.17) is 19.4 Å². The van der Waals surface area contributed by atoms with Crippen LogP contribution < -0.4 is 0 Å². The third-order valence-electron chi connectivity index (χ3n) is 12.2. The molecule has 0 saturated heterocycles. The molecule has 0 saturated carbocycles. The van der Waals surface area contributed by atoms with Crippen LogP contribution in [0.2, 0.25) is 0 Å². The molecule has 4 nitrogen and oxygen atoms in total. The van der Waals surface area contributed by atoms with Crippen LogP contribution in [0.1, 0.15) is 22.6 Å². The molecule has 0 radical (unpaired) electrons. The van der Waals surface area contributed by atoms with Crippen LogP contribution in [0.5, 0.6) is 0 Å². The van der Waals surface area contributed by atoms with E-state index >= 15 is 0 Å². The third-order valence-corrected chi connectivity index (χ3v) is 12.2. The summed E-state index contributed by atoms with van der Waals surface area (Å²) in [7, 11) is 0. The summed E-state index contributed by atoms with van der Waals surface area (Å²) in [5, 5.41) is 7.10. The van der Waals surface area contributed by atoms with E-state index in [9.17, 15) is 0 Å². The highest BCUT2D eigenvalue weighted by molar-refractivity contribution is 6.09. The highest BCUT2D eigenvalue weighted by atomic mass is 16.3. The lowest BCUT2D eigenvalue weighted by Crippen LogP contribution is -2.07. The van der Waals surface area contributed by atoms with E-state index in [1.807, 2.05) is 6.07 Å². The molecule has 11 aromatic rings. The van der Waals surface area contributed by atoms with Gasteiger partial charge in [0.05, 0.1) is 0 Å². The zero-order valence-corrected chi connectivity index (χ0v) is 33.2. The van der Waals surface area contributed by atoms with E-state index in [1.54, 1.807) is 0 Å². The molecule has 1 atom stereocenters. The van der Waals surface area contributed by atoms with Crippen molar-refractivity contribution in [3.05, 3.63) is 217 Å². The predicted octanol–water partition coefficient (Wildman–Crippen LogP) is 14.8. The number of allylic oxidation sites excluding steroid dienone is 1. The van der Waals surface area contributed by atoms with Crippen molar-refractivity contribution in [3.63, 3.8) is 0 Å². The monoisotopic (exact) mass is 779 g/mol. The van der Waals surface area contributed by atoms with Crippen LogP contribution in [0.3, 0.4) is 0 Å². The lowest BCUT2D eigenvalue weighted by Gasteiger charge is -2.21. The fraction of sp³-hybridized carbons (Fsp3) is 0.0351. The Morgan fingerprint density at radius 3 is 1.72 bits per heavy atom. The number of furan rings is 1. The van der Waals surface area contributed by atoms with Gasteiger partial charge in [0.1, 0.15) is 11.2 Å². The fourth-order valence-electron chi connectivity index (χ4n) is 9.19. The first-order chi connectivity index (χ1) is 30.2. The highest BCUT2D eigenvalue weighted by Crippen LogP contribution is 2.40. The zero-order chi connectivity index (χ0) is 40.3. The first kappa shape index (κ1) is 35.0. The van der Waals surface area contributed by atoms with Crippen molar-refractivity contribution in [1.29, 1.82) is 0 Å². The molecule has 0 spiro atoms. The lowest BCUT2D eigenvalue weighted by atomic mass is 9.83. The molecule has 0 N–H and O–H groups in total. The number of hydrogen-bond donors (Lipinski definition) is 0. The van der Waals surface area contributed by atoms with Crippen LogP contribution >= 0.6 is 0 Å². The number of fused-ring (bicyclic) bond motifs is 7. The van der Waals surface area contributed by atoms with Crippen molar-refractivity contribution in [2.45, 2.75) is 12.3 Å². The average molecular weight is 780 g/mol. The van der Waals surface area contributed by atoms with Crippen LogP contribution in [-0.4, -0.2) is 15.0 Å². The lowest BCUT2D eigenvalue weighted by molar-refractivity contribution is 0.668. The fourth-order valence-corrected chi connectivity index (χ4v) is 9.19. The standard InChI is InChI=1S/C57H37N3O/c1-3-12-36(13-4-1)45-32-46(37-14-5-2-6-15-37)34-47(33-45)57-59-55(58-56(60-57)43-29-26-40-25-24-39-16-7-8-17-48(39)51(40)35-43)42-28-23-38-22-27-41(30-44(38)31-42)49-19-11-21-53-54(49)50-18-9-10-20-52(50)61-53/h1-29,31-35,41H,30H2. The van der Waals surface area contributed by atoms with Crippen molar-refractivity contribution < 1.29 is 4.42 Å². The quantitative estimate of drug-likeness (QED) is 0.158. The SMILES string of the molecule is C1=CC(c2cccc3oc4ccccc4c23)Cc2cc(-c3nc(-c4cc(-c5ccccc5)cc(-c5ccccc5)c4)nc(-c4ccc5ccc6ccccc6c5c4)n3)ccc21. The maximum absolute atomic E-state index is 6.29. The predicted molar refractivity (Wildman–Crippen MR) is 251 cm³/mol. The minimum Gasteiger partial charge on any atom is -0.456 e. The summed E-state index contributed by atoms with van der Waals surface area (Å²) in [5.74, 6) is 2.08. The van der Waals surface area contributed by atoms with Gasteiger partial charge in [-0.1, -0.05) is 164 Å². The van der Waals surface area contributed by atoms with Crippen LogP contribution in [-0.2, 0) is 6.42 Å². The molecule has 286 valence electrons. The average Bonchev–Trinajstić information content (AvgIpc) is 3.73. The number of aromatic nitrogens is 3. The minimum absolute atomic E-state index is 0.182. The maximum Gasteiger partial charge on any atom is 0.164 e. The summed E-state index contributed by atoms with van der Waals surface area (Å²) in [6.45, 7) is 0. The maximum atomic E-state index is 6.29. The Kier molecular flexibility index (Phi) is 8.27. The Bertz CT molecular complexity index is 3460. The largest absolute Gasteiger partial charge is 0.456 e. The van der Waals surface area contributed by atoms with E-state index in [-0.39, 0.29) is 5.92 Å². The molecule has 0 bridgehead atoms. The van der Waals surface area contributed by atoms with Gasteiger partial charge in [-0.15, -0.1) is 0 Å². The summed E-state index contributed by atoms with van der Waals surface area (Å²) in [6, 6.07) is 68.6. The van der Waals surface area contributed by atoms with Crippen LogP contribution in [0.4, 0.5) is 0 Å². The van der Waals surface area contributed by atoms with Gasteiger partial charge >= 0.3 is 0 Å². The first-order valence-electron chi connectivity index (χ1n) is 20.8. The number of benzene rings is 9. The second-order valence-corrected chi connectivity index (χ2v) is 16.0. The van der Waals surface area contributed by atoms with E-state index in [2.05, 4.69) is 200 Å². The van der Waals surface area contributed by atoms with Crippen molar-refractivity contribution >= 4 is 49.6 Å².